The number of nitrogens with zero attached hydrogens (tertiary/aromatic N) is 1. The molecule has 1 atom stereocenters. The Labute approximate surface area is 185 Å². The summed E-state index contributed by atoms with van der Waals surface area (Å²) in [4.78, 5) is 4.89. The van der Waals surface area contributed by atoms with Crippen LogP contribution < -0.4 is 15.4 Å². The maximum absolute atomic E-state index is 12.5. The fraction of sp³-hybridized carbons (Fsp3) is 0.435. The first-order valence-electron chi connectivity index (χ1n) is 10.7. The van der Waals surface area contributed by atoms with Crippen LogP contribution in [0.3, 0.4) is 0 Å². The minimum Gasteiger partial charge on any atom is -0.377 e. The molecule has 1 heterocycles. The number of hydrogen-bond acceptors (Lipinski definition) is 4. The molecule has 1 unspecified atom stereocenters. The Hall–Kier alpha value is -2.42. The van der Waals surface area contributed by atoms with Crippen molar-refractivity contribution in [3.05, 3.63) is 65.2 Å². The standard InChI is InChI=1S/C23H32N4O3S/c1-3-24-23(26-16-20-7-4-6-18(2)14-20)25-15-19-9-11-22(12-10-19)31(28,29)27-17-21-8-5-13-30-21/h4,6-7,9-12,14,21,27H,3,5,8,13,15-17H2,1-2H3,(H2,24,25,26). The van der Waals surface area contributed by atoms with E-state index in [-0.39, 0.29) is 11.0 Å². The van der Waals surface area contributed by atoms with E-state index < -0.39 is 10.0 Å². The molecule has 2 aromatic rings. The molecule has 3 N–H and O–H groups in total. The van der Waals surface area contributed by atoms with Crippen LogP contribution in [0.5, 0.6) is 0 Å². The molecule has 1 saturated heterocycles. The number of sulfonamides is 1. The van der Waals surface area contributed by atoms with Crippen LogP contribution >= 0.6 is 0 Å². The van der Waals surface area contributed by atoms with Gasteiger partial charge in [0.15, 0.2) is 5.96 Å². The van der Waals surface area contributed by atoms with E-state index in [0.29, 0.717) is 26.2 Å². The van der Waals surface area contributed by atoms with Gasteiger partial charge in [-0.1, -0.05) is 42.0 Å². The van der Waals surface area contributed by atoms with Gasteiger partial charge >= 0.3 is 0 Å². The monoisotopic (exact) mass is 444 g/mol. The highest BCUT2D eigenvalue weighted by molar-refractivity contribution is 7.89. The van der Waals surface area contributed by atoms with Crippen molar-refractivity contribution in [3.63, 3.8) is 0 Å². The zero-order valence-electron chi connectivity index (χ0n) is 18.2. The van der Waals surface area contributed by atoms with Crippen LogP contribution in [-0.4, -0.2) is 40.2 Å². The molecule has 3 rings (SSSR count). The summed E-state index contributed by atoms with van der Waals surface area (Å²) in [5.74, 6) is 0.721. The molecule has 0 aliphatic carbocycles. The number of hydrogen-bond donors (Lipinski definition) is 3. The third kappa shape index (κ3) is 7.34. The van der Waals surface area contributed by atoms with Crippen molar-refractivity contribution in [2.24, 2.45) is 4.99 Å². The van der Waals surface area contributed by atoms with Gasteiger partial charge in [-0.2, -0.15) is 0 Å². The first-order valence-corrected chi connectivity index (χ1v) is 12.2. The van der Waals surface area contributed by atoms with Gasteiger partial charge in [-0.15, -0.1) is 0 Å². The number of ether oxygens (including phenoxy) is 1. The van der Waals surface area contributed by atoms with Gasteiger partial charge in [-0.25, -0.2) is 18.1 Å². The fourth-order valence-corrected chi connectivity index (χ4v) is 4.45. The second-order valence-corrected chi connectivity index (χ2v) is 9.44. The quantitative estimate of drug-likeness (QED) is 0.409. The Bertz CT molecular complexity index is 969. The number of rotatable bonds is 9. The first-order chi connectivity index (χ1) is 15.0. The van der Waals surface area contributed by atoms with Gasteiger partial charge in [0.05, 0.1) is 17.5 Å². The van der Waals surface area contributed by atoms with E-state index in [1.165, 1.54) is 5.56 Å². The zero-order chi connectivity index (χ0) is 22.1. The molecule has 7 nitrogen and oxygen atoms in total. The van der Waals surface area contributed by atoms with Crippen molar-refractivity contribution < 1.29 is 13.2 Å². The summed E-state index contributed by atoms with van der Waals surface area (Å²) in [6.07, 6.45) is 1.85. The maximum atomic E-state index is 12.5. The minimum atomic E-state index is -3.53. The maximum Gasteiger partial charge on any atom is 0.240 e. The summed E-state index contributed by atoms with van der Waals surface area (Å²) in [5, 5.41) is 6.54. The van der Waals surface area contributed by atoms with Crippen LogP contribution in [-0.2, 0) is 27.8 Å². The predicted molar refractivity (Wildman–Crippen MR) is 123 cm³/mol. The molecule has 0 radical (unpaired) electrons. The molecule has 0 bridgehead atoms. The lowest BCUT2D eigenvalue weighted by atomic mass is 10.1. The molecule has 1 fully saturated rings. The molecule has 0 spiro atoms. The van der Waals surface area contributed by atoms with Crippen LogP contribution in [0.25, 0.3) is 0 Å². The SMILES string of the molecule is CCNC(=NCc1cccc(C)c1)NCc1ccc(S(=O)(=O)NCC2CCCO2)cc1. The van der Waals surface area contributed by atoms with Crippen molar-refractivity contribution in [2.75, 3.05) is 19.7 Å². The number of benzene rings is 2. The molecule has 1 aliphatic rings. The third-order valence-electron chi connectivity index (χ3n) is 5.07. The van der Waals surface area contributed by atoms with Gasteiger partial charge in [0.25, 0.3) is 0 Å². The summed E-state index contributed by atoms with van der Waals surface area (Å²) < 4.78 is 33.1. The third-order valence-corrected chi connectivity index (χ3v) is 6.50. The van der Waals surface area contributed by atoms with Gasteiger partial charge in [0.1, 0.15) is 0 Å². The summed E-state index contributed by atoms with van der Waals surface area (Å²) >= 11 is 0. The largest absolute Gasteiger partial charge is 0.377 e. The molecule has 8 heteroatoms. The van der Waals surface area contributed by atoms with Crippen LogP contribution in [0.4, 0.5) is 0 Å². The minimum absolute atomic E-state index is 0.0261. The molecule has 1 aliphatic heterocycles. The molecule has 0 saturated carbocycles. The van der Waals surface area contributed by atoms with E-state index in [1.54, 1.807) is 12.1 Å². The van der Waals surface area contributed by atoms with Gasteiger partial charge < -0.3 is 15.4 Å². The molecule has 0 aromatic heterocycles. The predicted octanol–water partition coefficient (Wildman–Crippen LogP) is 2.71. The van der Waals surface area contributed by atoms with E-state index >= 15 is 0 Å². The Morgan fingerprint density at radius 3 is 2.61 bits per heavy atom. The van der Waals surface area contributed by atoms with Crippen LogP contribution in [0.2, 0.25) is 0 Å². The van der Waals surface area contributed by atoms with E-state index in [0.717, 1.165) is 36.5 Å². The Morgan fingerprint density at radius 1 is 1.13 bits per heavy atom. The topological polar surface area (TPSA) is 91.8 Å². The Kier molecular flexibility index (Phi) is 8.45. The van der Waals surface area contributed by atoms with Crippen LogP contribution in [0.15, 0.2) is 58.4 Å². The molecule has 0 amide bonds. The smallest absolute Gasteiger partial charge is 0.240 e. The number of guanidine groups is 1. The second kappa shape index (κ2) is 11.3. The average Bonchev–Trinajstić information content (AvgIpc) is 3.29. The number of aliphatic imine (C=N–C) groups is 1. The van der Waals surface area contributed by atoms with Crippen molar-refractivity contribution in [3.8, 4) is 0 Å². The molecular formula is C23H32N4O3S. The molecule has 31 heavy (non-hydrogen) atoms. The summed E-state index contributed by atoms with van der Waals surface area (Å²) in [5.41, 5.74) is 3.34. The van der Waals surface area contributed by atoms with Gasteiger partial charge in [-0.05, 0) is 49.9 Å². The van der Waals surface area contributed by atoms with E-state index in [2.05, 4.69) is 45.5 Å². The highest BCUT2D eigenvalue weighted by Crippen LogP contribution is 2.14. The lowest BCUT2D eigenvalue weighted by molar-refractivity contribution is 0.114. The molecular weight excluding hydrogens is 412 g/mol. The van der Waals surface area contributed by atoms with Crippen LogP contribution in [0, 0.1) is 6.92 Å². The lowest BCUT2D eigenvalue weighted by Gasteiger charge is -2.13. The average molecular weight is 445 g/mol. The molecule has 168 valence electrons. The van der Waals surface area contributed by atoms with E-state index in [1.807, 2.05) is 25.1 Å². The van der Waals surface area contributed by atoms with Crippen molar-refractivity contribution in [2.45, 2.75) is 50.8 Å². The lowest BCUT2D eigenvalue weighted by Crippen LogP contribution is -2.36. The van der Waals surface area contributed by atoms with Crippen molar-refractivity contribution in [1.82, 2.24) is 15.4 Å². The fourth-order valence-electron chi connectivity index (χ4n) is 3.39. The Morgan fingerprint density at radius 2 is 1.94 bits per heavy atom. The second-order valence-electron chi connectivity index (χ2n) is 7.67. The van der Waals surface area contributed by atoms with Gasteiger partial charge in [-0.3, -0.25) is 0 Å². The molecule has 2 aromatic carbocycles. The highest BCUT2D eigenvalue weighted by atomic mass is 32.2. The highest BCUT2D eigenvalue weighted by Gasteiger charge is 2.20. The number of aryl methyl sites for hydroxylation is 1. The van der Waals surface area contributed by atoms with Crippen molar-refractivity contribution >= 4 is 16.0 Å². The first kappa shape index (κ1) is 23.2. The zero-order valence-corrected chi connectivity index (χ0v) is 19.0. The van der Waals surface area contributed by atoms with Gasteiger partial charge in [0.2, 0.25) is 10.0 Å². The van der Waals surface area contributed by atoms with Crippen LogP contribution in [0.1, 0.15) is 36.5 Å². The summed E-state index contributed by atoms with van der Waals surface area (Å²) in [7, 11) is -3.53. The summed E-state index contributed by atoms with van der Waals surface area (Å²) in [6.45, 7) is 7.00. The van der Waals surface area contributed by atoms with E-state index in [4.69, 9.17) is 4.74 Å². The summed E-state index contributed by atoms with van der Waals surface area (Å²) in [6, 6.07) is 15.2. The normalized spacial score (nSPS) is 17.0. The van der Waals surface area contributed by atoms with Crippen molar-refractivity contribution in [1.29, 1.82) is 0 Å². The van der Waals surface area contributed by atoms with E-state index in [9.17, 15) is 8.42 Å². The van der Waals surface area contributed by atoms with Gasteiger partial charge in [0, 0.05) is 26.2 Å². The Balaban J connectivity index is 1.55. The number of nitrogens with one attached hydrogen (secondary N) is 3.